The van der Waals surface area contributed by atoms with Gasteiger partial charge in [-0.25, -0.2) is 14.5 Å². The van der Waals surface area contributed by atoms with Crippen molar-refractivity contribution in [2.24, 2.45) is 0 Å². The van der Waals surface area contributed by atoms with E-state index in [4.69, 9.17) is 23.7 Å². The standard InChI is InChI=1S/C36H42N2O10/c1-4-5-6-7-8-9-10-11-12-16-23-46-35(40)25-19-21-29(47-26-17-14-13-15-18-26)28(24-25)37-34(39)33(48-36(37)41)31-30(44-2)22-20-27(38(42)43)32(31)45-3/h13-15,17-22,24,33H,4-12,16,23H2,1-3H3. The van der Waals surface area contributed by atoms with Crippen LogP contribution in [0.5, 0.6) is 23.0 Å². The van der Waals surface area contributed by atoms with Gasteiger partial charge in [0.05, 0.1) is 42.6 Å². The van der Waals surface area contributed by atoms with Crippen LogP contribution in [0.25, 0.3) is 0 Å². The largest absolute Gasteiger partial charge is 0.496 e. The molecule has 48 heavy (non-hydrogen) atoms. The van der Waals surface area contributed by atoms with Crippen molar-refractivity contribution in [3.05, 3.63) is 81.9 Å². The number of anilines is 1. The van der Waals surface area contributed by atoms with Crippen molar-refractivity contribution in [1.82, 2.24) is 0 Å². The van der Waals surface area contributed by atoms with Gasteiger partial charge >= 0.3 is 17.7 Å². The molecule has 4 rings (SSSR count). The van der Waals surface area contributed by atoms with Crippen LogP contribution in [-0.4, -0.2) is 43.7 Å². The van der Waals surface area contributed by atoms with Crippen LogP contribution in [0, 0.1) is 10.1 Å². The van der Waals surface area contributed by atoms with Crippen LogP contribution in [0.1, 0.15) is 93.2 Å². The number of carbonyl (C=O) groups is 3. The molecule has 0 spiro atoms. The average molecular weight is 663 g/mol. The predicted molar refractivity (Wildman–Crippen MR) is 178 cm³/mol. The minimum atomic E-state index is -1.65. The van der Waals surface area contributed by atoms with E-state index in [1.54, 1.807) is 30.3 Å². The number of nitro groups is 1. The molecule has 0 bridgehead atoms. The summed E-state index contributed by atoms with van der Waals surface area (Å²) >= 11 is 0. The van der Waals surface area contributed by atoms with E-state index in [9.17, 15) is 24.5 Å². The molecule has 1 aliphatic heterocycles. The topological polar surface area (TPSA) is 144 Å². The lowest BCUT2D eigenvalue weighted by Crippen LogP contribution is -2.30. The first-order valence-corrected chi connectivity index (χ1v) is 16.3. The molecule has 1 heterocycles. The van der Waals surface area contributed by atoms with Crippen molar-refractivity contribution >= 4 is 29.3 Å². The summed E-state index contributed by atoms with van der Waals surface area (Å²) in [4.78, 5) is 52.1. The van der Waals surface area contributed by atoms with Gasteiger partial charge < -0.3 is 23.7 Å². The van der Waals surface area contributed by atoms with Crippen LogP contribution in [0.3, 0.4) is 0 Å². The van der Waals surface area contributed by atoms with E-state index in [1.165, 1.54) is 77.0 Å². The van der Waals surface area contributed by atoms with E-state index in [1.807, 2.05) is 0 Å². The Bertz CT molecular complexity index is 1580. The Hall–Kier alpha value is -5.13. The van der Waals surface area contributed by atoms with Crippen LogP contribution >= 0.6 is 0 Å². The van der Waals surface area contributed by atoms with Crippen LogP contribution < -0.4 is 19.1 Å². The molecule has 12 heteroatoms. The van der Waals surface area contributed by atoms with Crippen LogP contribution in [0.4, 0.5) is 16.2 Å². The fourth-order valence-electron chi connectivity index (χ4n) is 5.52. The van der Waals surface area contributed by atoms with Gasteiger partial charge in [0.15, 0.2) is 5.75 Å². The Morgan fingerprint density at radius 3 is 2.12 bits per heavy atom. The van der Waals surface area contributed by atoms with Gasteiger partial charge in [0.25, 0.3) is 5.91 Å². The van der Waals surface area contributed by atoms with Crippen LogP contribution in [-0.2, 0) is 14.3 Å². The zero-order valence-electron chi connectivity index (χ0n) is 27.6. The summed E-state index contributed by atoms with van der Waals surface area (Å²) in [6, 6.07) is 15.4. The van der Waals surface area contributed by atoms with Gasteiger partial charge in [-0.1, -0.05) is 82.9 Å². The monoisotopic (exact) mass is 662 g/mol. The van der Waals surface area contributed by atoms with E-state index in [0.717, 1.165) is 36.6 Å². The molecule has 12 nitrogen and oxygen atoms in total. The summed E-state index contributed by atoms with van der Waals surface area (Å²) in [6.07, 6.45) is 8.71. The lowest BCUT2D eigenvalue weighted by Gasteiger charge is -2.18. The van der Waals surface area contributed by atoms with Crippen molar-refractivity contribution in [3.63, 3.8) is 0 Å². The Morgan fingerprint density at radius 2 is 1.50 bits per heavy atom. The number of amides is 2. The number of esters is 1. The molecule has 0 saturated carbocycles. The molecule has 2 amide bonds. The highest BCUT2D eigenvalue weighted by Crippen LogP contribution is 2.46. The minimum absolute atomic E-state index is 0.0375. The van der Waals surface area contributed by atoms with Gasteiger partial charge in [0, 0.05) is 6.07 Å². The third-order valence-corrected chi connectivity index (χ3v) is 8.00. The second-order valence-electron chi connectivity index (χ2n) is 11.3. The molecule has 1 atom stereocenters. The average Bonchev–Trinajstić information content (AvgIpc) is 3.39. The Labute approximate surface area is 280 Å². The molecule has 3 aromatic rings. The minimum Gasteiger partial charge on any atom is -0.496 e. The molecular weight excluding hydrogens is 620 g/mol. The first kappa shape index (κ1) is 35.7. The fourth-order valence-corrected chi connectivity index (χ4v) is 5.52. The number of unbranched alkanes of at least 4 members (excludes halogenated alkanes) is 9. The molecule has 0 aromatic heterocycles. The highest BCUT2D eigenvalue weighted by Gasteiger charge is 2.47. The molecule has 0 radical (unpaired) electrons. The summed E-state index contributed by atoms with van der Waals surface area (Å²) in [5.74, 6) is -1.29. The summed E-state index contributed by atoms with van der Waals surface area (Å²) in [6.45, 7) is 2.44. The number of nitrogens with zero attached hydrogens (tertiary/aromatic N) is 2. The lowest BCUT2D eigenvalue weighted by molar-refractivity contribution is -0.385. The van der Waals surface area contributed by atoms with E-state index in [2.05, 4.69) is 6.92 Å². The van der Waals surface area contributed by atoms with Crippen molar-refractivity contribution in [1.29, 1.82) is 0 Å². The number of methoxy groups -OCH3 is 2. The molecular formula is C36H42N2O10. The molecule has 1 saturated heterocycles. The number of para-hydroxylation sites is 1. The number of hydrogen-bond donors (Lipinski definition) is 0. The Kier molecular flexibility index (Phi) is 13.2. The molecule has 256 valence electrons. The SMILES string of the molecule is CCCCCCCCCCCCOC(=O)c1ccc(Oc2ccccc2)c(N2C(=O)OC(c3c(OC)ccc([N+](=O)[O-])c3OC)C2=O)c1. The van der Waals surface area contributed by atoms with Gasteiger partial charge in [-0.2, -0.15) is 0 Å². The lowest BCUT2D eigenvalue weighted by atomic mass is 10.0. The van der Waals surface area contributed by atoms with Crippen molar-refractivity contribution in [2.75, 3.05) is 25.7 Å². The maximum absolute atomic E-state index is 13.9. The predicted octanol–water partition coefficient (Wildman–Crippen LogP) is 8.71. The number of rotatable bonds is 19. The van der Waals surface area contributed by atoms with E-state index in [0.29, 0.717) is 5.75 Å². The third kappa shape index (κ3) is 8.81. The first-order chi connectivity index (χ1) is 23.3. The third-order valence-electron chi connectivity index (χ3n) is 8.00. The van der Waals surface area contributed by atoms with Crippen molar-refractivity contribution in [3.8, 4) is 23.0 Å². The summed E-state index contributed by atoms with van der Waals surface area (Å²) in [7, 11) is 2.50. The van der Waals surface area contributed by atoms with Gasteiger partial charge in [0.2, 0.25) is 11.9 Å². The summed E-state index contributed by atoms with van der Waals surface area (Å²) in [5, 5.41) is 11.7. The maximum Gasteiger partial charge on any atom is 0.422 e. The van der Waals surface area contributed by atoms with Crippen molar-refractivity contribution < 1.29 is 43.0 Å². The molecule has 0 N–H and O–H groups in total. The number of nitro benzene ring substituents is 1. The molecule has 3 aromatic carbocycles. The quantitative estimate of drug-likeness (QED) is 0.0529. The zero-order valence-corrected chi connectivity index (χ0v) is 27.6. The molecule has 0 aliphatic carbocycles. The second kappa shape index (κ2) is 17.7. The van der Waals surface area contributed by atoms with Gasteiger partial charge in [-0.05, 0) is 42.8 Å². The zero-order chi connectivity index (χ0) is 34.5. The molecule has 1 aliphatic rings. The Balaban J connectivity index is 1.53. The van der Waals surface area contributed by atoms with Gasteiger partial charge in [-0.15, -0.1) is 0 Å². The first-order valence-electron chi connectivity index (χ1n) is 16.3. The second-order valence-corrected chi connectivity index (χ2v) is 11.3. The summed E-state index contributed by atoms with van der Waals surface area (Å²) in [5.41, 5.74) is -0.566. The number of carbonyl (C=O) groups excluding carboxylic acids is 3. The highest BCUT2D eigenvalue weighted by atomic mass is 16.6. The molecule has 1 unspecified atom stereocenters. The number of imide groups is 1. The number of hydrogen-bond acceptors (Lipinski definition) is 10. The molecule has 1 fully saturated rings. The van der Waals surface area contributed by atoms with Crippen LogP contribution in [0.2, 0.25) is 0 Å². The van der Waals surface area contributed by atoms with Gasteiger partial charge in [0.1, 0.15) is 11.5 Å². The number of ether oxygens (including phenoxy) is 5. The van der Waals surface area contributed by atoms with Crippen LogP contribution in [0.15, 0.2) is 60.7 Å². The van der Waals surface area contributed by atoms with E-state index >= 15 is 0 Å². The van der Waals surface area contributed by atoms with Crippen molar-refractivity contribution in [2.45, 2.75) is 77.2 Å². The highest BCUT2D eigenvalue weighted by molar-refractivity contribution is 6.19. The van der Waals surface area contributed by atoms with Gasteiger partial charge in [-0.3, -0.25) is 14.9 Å². The number of benzene rings is 3. The number of cyclic esters (lactones) is 1. The maximum atomic E-state index is 13.9. The summed E-state index contributed by atoms with van der Waals surface area (Å²) < 4.78 is 27.7. The smallest absolute Gasteiger partial charge is 0.422 e. The normalized spacial score (nSPS) is 14.1. The van der Waals surface area contributed by atoms with E-state index in [-0.39, 0.29) is 40.7 Å². The fraction of sp³-hybridized carbons (Fsp3) is 0.417. The van der Waals surface area contributed by atoms with E-state index < -0.39 is 34.7 Å². The Morgan fingerprint density at radius 1 is 0.854 bits per heavy atom.